The van der Waals surface area contributed by atoms with Crippen LogP contribution in [0.3, 0.4) is 0 Å². The smallest absolute Gasteiger partial charge is 0.246 e. The Hall–Kier alpha value is 0.590. The number of nitrogens with zero attached hydrogens (tertiary/aromatic N) is 1. The van der Waals surface area contributed by atoms with Crippen molar-refractivity contribution < 1.29 is 18.6 Å². The predicted molar refractivity (Wildman–Crippen MR) is 74.9 cm³/mol. The SMILES string of the molecule is CN(CC(O)CO)S(=O)(=O)c1c(Cl)sc(Cl)c1Br. The molecule has 0 radical (unpaired) electrons. The number of sulfonamides is 1. The molecule has 5 nitrogen and oxygen atoms in total. The number of aliphatic hydroxyl groups is 2. The topological polar surface area (TPSA) is 77.8 Å². The van der Waals surface area contributed by atoms with Crippen LogP contribution in [0.15, 0.2) is 9.37 Å². The van der Waals surface area contributed by atoms with Gasteiger partial charge in [-0.1, -0.05) is 23.2 Å². The van der Waals surface area contributed by atoms with E-state index in [1.54, 1.807) is 0 Å². The molecule has 0 amide bonds. The molecule has 0 aliphatic heterocycles. The molecule has 10 heteroatoms. The Morgan fingerprint density at radius 1 is 1.44 bits per heavy atom. The van der Waals surface area contributed by atoms with Gasteiger partial charge in [-0.2, -0.15) is 4.31 Å². The van der Waals surface area contributed by atoms with Crippen LogP contribution in [0.4, 0.5) is 0 Å². The molecule has 1 atom stereocenters. The highest BCUT2D eigenvalue weighted by atomic mass is 79.9. The molecular weight excluding hydrogens is 389 g/mol. The highest BCUT2D eigenvalue weighted by Gasteiger charge is 2.30. The van der Waals surface area contributed by atoms with E-state index in [0.29, 0.717) is 0 Å². The van der Waals surface area contributed by atoms with Gasteiger partial charge in [0.05, 0.1) is 17.2 Å². The first-order valence-electron chi connectivity index (χ1n) is 4.60. The molecule has 1 rings (SSSR count). The number of aliphatic hydroxyl groups excluding tert-OH is 2. The highest BCUT2D eigenvalue weighted by molar-refractivity contribution is 9.10. The Kier molecular flexibility index (Phi) is 5.88. The fourth-order valence-corrected chi connectivity index (χ4v) is 5.85. The van der Waals surface area contributed by atoms with Gasteiger partial charge >= 0.3 is 0 Å². The summed E-state index contributed by atoms with van der Waals surface area (Å²) in [4.78, 5) is -0.133. The molecule has 0 saturated carbocycles. The summed E-state index contributed by atoms with van der Waals surface area (Å²) in [6.07, 6.45) is -1.16. The molecule has 0 aliphatic carbocycles. The molecule has 0 saturated heterocycles. The zero-order valence-electron chi connectivity index (χ0n) is 9.10. The second kappa shape index (κ2) is 6.36. The van der Waals surface area contributed by atoms with E-state index in [0.717, 1.165) is 15.6 Å². The van der Waals surface area contributed by atoms with E-state index in [1.807, 2.05) is 0 Å². The van der Waals surface area contributed by atoms with Crippen LogP contribution in [-0.2, 0) is 10.0 Å². The van der Waals surface area contributed by atoms with Crippen molar-refractivity contribution in [3.63, 3.8) is 0 Å². The standard InChI is InChI=1S/C8H10BrCl2NO4S2/c1-12(2-4(14)3-13)18(15,16)6-5(9)7(10)17-8(6)11/h4,13-14H,2-3H2,1H3. The molecule has 1 heterocycles. The molecular formula is C8H10BrCl2NO4S2. The molecule has 1 aromatic rings. The number of hydrogen-bond acceptors (Lipinski definition) is 5. The number of likely N-dealkylation sites (N-methyl/N-ethyl adjacent to an activating group) is 1. The molecule has 0 bridgehead atoms. The van der Waals surface area contributed by atoms with E-state index in [9.17, 15) is 13.5 Å². The molecule has 0 spiro atoms. The zero-order valence-corrected chi connectivity index (χ0v) is 13.8. The summed E-state index contributed by atoms with van der Waals surface area (Å²) in [5.74, 6) is 0. The molecule has 2 N–H and O–H groups in total. The Labute approximate surface area is 127 Å². The zero-order chi connectivity index (χ0) is 14.1. The van der Waals surface area contributed by atoms with Crippen molar-refractivity contribution in [1.82, 2.24) is 4.31 Å². The minimum Gasteiger partial charge on any atom is -0.394 e. The van der Waals surface area contributed by atoms with Crippen molar-refractivity contribution in [3.05, 3.63) is 13.1 Å². The van der Waals surface area contributed by atoms with E-state index >= 15 is 0 Å². The minimum absolute atomic E-state index is 0.0391. The number of thiophene rings is 1. The summed E-state index contributed by atoms with van der Waals surface area (Å²) in [7, 11) is -2.59. The third-order valence-corrected chi connectivity index (χ3v) is 7.37. The average molecular weight is 399 g/mol. The molecule has 1 unspecified atom stereocenters. The highest BCUT2D eigenvalue weighted by Crippen LogP contribution is 2.43. The lowest BCUT2D eigenvalue weighted by Crippen LogP contribution is -2.35. The third kappa shape index (κ3) is 3.37. The van der Waals surface area contributed by atoms with Crippen LogP contribution in [0.1, 0.15) is 0 Å². The Morgan fingerprint density at radius 2 is 2.00 bits per heavy atom. The lowest BCUT2D eigenvalue weighted by Gasteiger charge is -2.19. The fraction of sp³-hybridized carbons (Fsp3) is 0.500. The maximum Gasteiger partial charge on any atom is 0.246 e. The maximum absolute atomic E-state index is 12.2. The Bertz CT molecular complexity index is 533. The summed E-state index contributed by atoms with van der Waals surface area (Å²) in [5, 5.41) is 18.0. The van der Waals surface area contributed by atoms with Gasteiger partial charge in [0.25, 0.3) is 0 Å². The van der Waals surface area contributed by atoms with Gasteiger partial charge in [0.1, 0.15) is 13.6 Å². The largest absolute Gasteiger partial charge is 0.394 e. The van der Waals surface area contributed by atoms with Crippen LogP contribution >= 0.6 is 50.5 Å². The fourth-order valence-electron chi connectivity index (χ4n) is 1.17. The molecule has 0 aliphatic rings. The van der Waals surface area contributed by atoms with Crippen LogP contribution in [-0.4, -0.2) is 49.2 Å². The Balaban J connectivity index is 3.14. The van der Waals surface area contributed by atoms with Crippen molar-refractivity contribution in [1.29, 1.82) is 0 Å². The third-order valence-electron chi connectivity index (χ3n) is 2.08. The molecule has 104 valence electrons. The molecule has 18 heavy (non-hydrogen) atoms. The van der Waals surface area contributed by atoms with Crippen LogP contribution in [0.25, 0.3) is 0 Å². The van der Waals surface area contributed by atoms with Crippen molar-refractivity contribution >= 4 is 60.5 Å². The summed E-state index contributed by atoms with van der Waals surface area (Å²) >= 11 is 15.6. The van der Waals surface area contributed by atoms with E-state index in [-0.39, 0.29) is 24.6 Å². The molecule has 0 fully saturated rings. The normalized spacial score (nSPS) is 14.2. The van der Waals surface area contributed by atoms with Gasteiger partial charge in [-0.25, -0.2) is 8.42 Å². The van der Waals surface area contributed by atoms with E-state index in [1.165, 1.54) is 7.05 Å². The van der Waals surface area contributed by atoms with Crippen LogP contribution < -0.4 is 0 Å². The van der Waals surface area contributed by atoms with Crippen molar-refractivity contribution in [3.8, 4) is 0 Å². The number of rotatable bonds is 5. The lowest BCUT2D eigenvalue weighted by atomic mass is 10.4. The first kappa shape index (κ1) is 16.6. The summed E-state index contributed by atoms with van der Waals surface area (Å²) in [6, 6.07) is 0. The van der Waals surface area contributed by atoms with Gasteiger partial charge in [0.2, 0.25) is 10.0 Å². The lowest BCUT2D eigenvalue weighted by molar-refractivity contribution is 0.0826. The maximum atomic E-state index is 12.2. The Morgan fingerprint density at radius 3 is 2.39 bits per heavy atom. The summed E-state index contributed by atoms with van der Waals surface area (Å²) in [6.45, 7) is -0.770. The molecule has 1 aromatic heterocycles. The molecule has 0 aromatic carbocycles. The van der Waals surface area contributed by atoms with Crippen LogP contribution in [0, 0.1) is 0 Å². The number of hydrogen-bond donors (Lipinski definition) is 2. The van der Waals surface area contributed by atoms with Gasteiger partial charge in [-0.05, 0) is 15.9 Å². The number of halogens is 3. The monoisotopic (exact) mass is 397 g/mol. The summed E-state index contributed by atoms with van der Waals surface area (Å²) in [5.41, 5.74) is 0. The van der Waals surface area contributed by atoms with Crippen LogP contribution in [0.2, 0.25) is 8.67 Å². The van der Waals surface area contributed by atoms with E-state index < -0.39 is 22.7 Å². The van der Waals surface area contributed by atoms with Crippen molar-refractivity contribution in [2.75, 3.05) is 20.2 Å². The first-order chi connectivity index (χ1) is 8.21. The summed E-state index contributed by atoms with van der Waals surface area (Å²) < 4.78 is 25.8. The van der Waals surface area contributed by atoms with E-state index in [2.05, 4.69) is 15.9 Å². The quantitative estimate of drug-likeness (QED) is 0.792. The second-order valence-electron chi connectivity index (χ2n) is 3.41. The van der Waals surface area contributed by atoms with Crippen molar-refractivity contribution in [2.45, 2.75) is 11.0 Å². The van der Waals surface area contributed by atoms with Gasteiger partial charge in [-0.15, -0.1) is 11.3 Å². The van der Waals surface area contributed by atoms with E-state index in [4.69, 9.17) is 28.3 Å². The van der Waals surface area contributed by atoms with Gasteiger partial charge in [-0.3, -0.25) is 0 Å². The first-order valence-corrected chi connectivity index (χ1v) is 8.41. The van der Waals surface area contributed by atoms with Gasteiger partial charge in [0.15, 0.2) is 0 Å². The van der Waals surface area contributed by atoms with Crippen LogP contribution in [0.5, 0.6) is 0 Å². The van der Waals surface area contributed by atoms with Crippen molar-refractivity contribution in [2.24, 2.45) is 0 Å². The van der Waals surface area contributed by atoms with Gasteiger partial charge < -0.3 is 10.2 Å². The predicted octanol–water partition coefficient (Wildman–Crippen LogP) is 1.79. The average Bonchev–Trinajstić information content (AvgIpc) is 2.52. The second-order valence-corrected chi connectivity index (χ2v) is 8.41. The van der Waals surface area contributed by atoms with Gasteiger partial charge in [0, 0.05) is 13.6 Å². The minimum atomic E-state index is -3.88.